The second kappa shape index (κ2) is 14.2. The minimum Gasteiger partial charge on any atom is -0.504 e. The Morgan fingerprint density at radius 3 is 1.91 bits per heavy atom. The third kappa shape index (κ3) is 9.21. The molecular formula is C26H38O5S. The van der Waals surface area contributed by atoms with E-state index in [0.717, 1.165) is 24.8 Å². The van der Waals surface area contributed by atoms with E-state index in [9.17, 15) is 18.1 Å². The Hall–Kier alpha value is -2.05. The molecule has 0 saturated heterocycles. The summed E-state index contributed by atoms with van der Waals surface area (Å²) in [6.45, 7) is 2.25. The molecule has 2 aromatic rings. The van der Waals surface area contributed by atoms with Crippen LogP contribution in [-0.4, -0.2) is 18.1 Å². The number of rotatable bonds is 16. The van der Waals surface area contributed by atoms with Crippen LogP contribution in [0.1, 0.15) is 89.5 Å². The average molecular weight is 463 g/mol. The average Bonchev–Trinajstić information content (AvgIpc) is 2.76. The Balaban J connectivity index is 1.77. The lowest BCUT2D eigenvalue weighted by molar-refractivity contribution is 0.394. The van der Waals surface area contributed by atoms with Gasteiger partial charge in [-0.3, -0.25) is 4.55 Å². The lowest BCUT2D eigenvalue weighted by Gasteiger charge is -2.14. The van der Waals surface area contributed by atoms with Crippen LogP contribution in [0.5, 0.6) is 17.2 Å². The van der Waals surface area contributed by atoms with Crippen molar-refractivity contribution in [2.45, 2.75) is 95.3 Å². The summed E-state index contributed by atoms with van der Waals surface area (Å²) in [6.07, 6.45) is 16.2. The molecule has 2 N–H and O–H groups in total. The highest BCUT2D eigenvalue weighted by Crippen LogP contribution is 2.38. The van der Waals surface area contributed by atoms with Crippen molar-refractivity contribution in [1.82, 2.24) is 0 Å². The smallest absolute Gasteiger partial charge is 0.298 e. The van der Waals surface area contributed by atoms with Gasteiger partial charge in [0.15, 0.2) is 11.5 Å². The van der Waals surface area contributed by atoms with Crippen molar-refractivity contribution in [2.24, 2.45) is 0 Å². The number of ether oxygens (including phenoxy) is 1. The number of aryl methyl sites for hydroxylation is 1. The van der Waals surface area contributed by atoms with E-state index in [4.69, 9.17) is 4.74 Å². The molecular weight excluding hydrogens is 424 g/mol. The molecule has 0 aliphatic carbocycles. The maximum Gasteiger partial charge on any atom is 0.298 e. The highest BCUT2D eigenvalue weighted by molar-refractivity contribution is 7.86. The van der Waals surface area contributed by atoms with Crippen LogP contribution in [0.15, 0.2) is 47.4 Å². The highest BCUT2D eigenvalue weighted by Gasteiger charge is 2.21. The number of phenols is 1. The first-order valence-electron chi connectivity index (χ1n) is 12.0. The number of benzene rings is 2. The maximum atomic E-state index is 11.6. The molecule has 0 bridgehead atoms. The lowest BCUT2D eigenvalue weighted by atomic mass is 10.0. The van der Waals surface area contributed by atoms with E-state index >= 15 is 0 Å². The van der Waals surface area contributed by atoms with Gasteiger partial charge in [-0.15, -0.1) is 0 Å². The zero-order valence-electron chi connectivity index (χ0n) is 19.3. The predicted octanol–water partition coefficient (Wildman–Crippen LogP) is 7.67. The first-order chi connectivity index (χ1) is 15.4. The van der Waals surface area contributed by atoms with Gasteiger partial charge in [-0.2, -0.15) is 8.42 Å². The molecule has 0 aliphatic rings. The minimum atomic E-state index is -4.51. The third-order valence-corrected chi connectivity index (χ3v) is 6.60. The van der Waals surface area contributed by atoms with E-state index in [-0.39, 0.29) is 11.5 Å². The van der Waals surface area contributed by atoms with Gasteiger partial charge in [0.05, 0.1) is 0 Å². The molecule has 2 rings (SSSR count). The molecule has 32 heavy (non-hydrogen) atoms. The van der Waals surface area contributed by atoms with Crippen molar-refractivity contribution in [2.75, 3.05) is 0 Å². The van der Waals surface area contributed by atoms with Gasteiger partial charge in [-0.1, -0.05) is 102 Å². The quantitative estimate of drug-likeness (QED) is 0.197. The fourth-order valence-electron chi connectivity index (χ4n) is 3.89. The second-order valence-electron chi connectivity index (χ2n) is 8.43. The monoisotopic (exact) mass is 462 g/mol. The van der Waals surface area contributed by atoms with Crippen molar-refractivity contribution >= 4 is 10.1 Å². The summed E-state index contributed by atoms with van der Waals surface area (Å²) >= 11 is 0. The van der Waals surface area contributed by atoms with E-state index in [1.54, 1.807) is 12.1 Å². The van der Waals surface area contributed by atoms with E-state index in [2.05, 4.69) is 6.92 Å². The zero-order valence-corrected chi connectivity index (χ0v) is 20.1. The van der Waals surface area contributed by atoms with Gasteiger partial charge in [-0.25, -0.2) is 0 Å². The number of hydrogen-bond acceptors (Lipinski definition) is 4. The van der Waals surface area contributed by atoms with Crippen LogP contribution in [0, 0.1) is 0 Å². The fraction of sp³-hybridized carbons (Fsp3) is 0.538. The van der Waals surface area contributed by atoms with Gasteiger partial charge in [0.25, 0.3) is 10.1 Å². The Morgan fingerprint density at radius 1 is 0.750 bits per heavy atom. The van der Waals surface area contributed by atoms with Crippen LogP contribution >= 0.6 is 0 Å². The number of phenolic OH excluding ortho intramolecular Hbond substituents is 1. The van der Waals surface area contributed by atoms with Crippen molar-refractivity contribution in [3.05, 3.63) is 48.0 Å². The maximum absolute atomic E-state index is 11.6. The normalized spacial score (nSPS) is 11.6. The topological polar surface area (TPSA) is 83.8 Å². The summed E-state index contributed by atoms with van der Waals surface area (Å²) in [6, 6.07) is 11.3. The van der Waals surface area contributed by atoms with Crippen molar-refractivity contribution in [3.8, 4) is 17.2 Å². The van der Waals surface area contributed by atoms with Crippen molar-refractivity contribution < 1.29 is 22.8 Å². The molecule has 0 aromatic heterocycles. The summed E-state index contributed by atoms with van der Waals surface area (Å²) < 4.78 is 38.5. The van der Waals surface area contributed by atoms with Gasteiger partial charge >= 0.3 is 0 Å². The zero-order chi connectivity index (χ0) is 23.2. The number of para-hydroxylation sites is 2. The van der Waals surface area contributed by atoms with Gasteiger partial charge in [0, 0.05) is 0 Å². The standard InChI is InChI=1S/C26H38O5S/c1-2-3-4-5-6-7-8-9-10-11-12-13-17-22-18-14-15-20-24(22)31-26-23(27)19-16-21-25(26)32(28,29)30/h14-16,18-21,27H,2-13,17H2,1H3,(H,28,29,30). The van der Waals surface area contributed by atoms with Crippen molar-refractivity contribution in [1.29, 1.82) is 0 Å². The van der Waals surface area contributed by atoms with Gasteiger partial charge in [0.1, 0.15) is 10.6 Å². The van der Waals surface area contributed by atoms with Crippen LogP contribution in [0.25, 0.3) is 0 Å². The molecule has 0 spiro atoms. The molecule has 178 valence electrons. The highest BCUT2D eigenvalue weighted by atomic mass is 32.2. The molecule has 0 saturated carbocycles. The molecule has 0 heterocycles. The van der Waals surface area contributed by atoms with Crippen LogP contribution in [0.3, 0.4) is 0 Å². The Morgan fingerprint density at radius 2 is 1.31 bits per heavy atom. The van der Waals surface area contributed by atoms with Gasteiger partial charge < -0.3 is 9.84 Å². The number of aromatic hydroxyl groups is 1. The molecule has 2 aromatic carbocycles. The summed E-state index contributed by atoms with van der Waals surface area (Å²) in [5, 5.41) is 10.1. The van der Waals surface area contributed by atoms with E-state index in [1.165, 1.54) is 82.4 Å². The summed E-state index contributed by atoms with van der Waals surface area (Å²) in [5.41, 5.74) is 0.948. The Labute approximate surface area is 193 Å². The molecule has 0 radical (unpaired) electrons. The number of unbranched alkanes of at least 4 members (excludes halogenated alkanes) is 11. The first-order valence-corrected chi connectivity index (χ1v) is 13.4. The summed E-state index contributed by atoms with van der Waals surface area (Å²) in [4.78, 5) is -0.447. The number of hydrogen-bond donors (Lipinski definition) is 2. The first kappa shape index (κ1) is 26.2. The van der Waals surface area contributed by atoms with Crippen molar-refractivity contribution in [3.63, 3.8) is 0 Å². The molecule has 0 unspecified atom stereocenters. The second-order valence-corrected chi connectivity index (χ2v) is 9.82. The van der Waals surface area contributed by atoms with Gasteiger partial charge in [0.2, 0.25) is 0 Å². The molecule has 0 atom stereocenters. The minimum absolute atomic E-state index is 0.253. The predicted molar refractivity (Wildman–Crippen MR) is 129 cm³/mol. The SMILES string of the molecule is CCCCCCCCCCCCCCc1ccccc1Oc1c(O)cccc1S(=O)(=O)O. The fourth-order valence-corrected chi connectivity index (χ4v) is 4.52. The van der Waals surface area contributed by atoms with Gasteiger partial charge in [-0.05, 0) is 36.6 Å². The van der Waals surface area contributed by atoms with Crippen LogP contribution in [0.2, 0.25) is 0 Å². The van der Waals surface area contributed by atoms with Crippen LogP contribution in [-0.2, 0) is 16.5 Å². The lowest BCUT2D eigenvalue weighted by Crippen LogP contribution is -2.02. The Kier molecular flexibility index (Phi) is 11.6. The van der Waals surface area contributed by atoms with E-state index in [1.807, 2.05) is 12.1 Å². The van der Waals surface area contributed by atoms with E-state index < -0.39 is 15.0 Å². The Bertz CT molecular complexity index is 908. The third-order valence-electron chi connectivity index (χ3n) is 5.72. The van der Waals surface area contributed by atoms with Crippen LogP contribution in [0.4, 0.5) is 0 Å². The molecule has 0 fully saturated rings. The molecule has 0 amide bonds. The van der Waals surface area contributed by atoms with E-state index in [0.29, 0.717) is 5.75 Å². The molecule has 0 aliphatic heterocycles. The molecule has 6 heteroatoms. The largest absolute Gasteiger partial charge is 0.504 e. The van der Waals surface area contributed by atoms with Crippen LogP contribution < -0.4 is 4.74 Å². The summed E-state index contributed by atoms with van der Waals surface area (Å²) in [7, 11) is -4.51. The summed E-state index contributed by atoms with van der Waals surface area (Å²) in [5.74, 6) is -0.0978. The molecule has 5 nitrogen and oxygen atoms in total.